The molecule has 0 saturated carbocycles. The van der Waals surface area contributed by atoms with Crippen molar-refractivity contribution in [1.82, 2.24) is 9.80 Å². The van der Waals surface area contributed by atoms with Gasteiger partial charge in [0.05, 0.1) is 5.54 Å². The predicted octanol–water partition coefficient (Wildman–Crippen LogP) is 5.00. The fraction of sp³-hybridized carbons (Fsp3) is 0.417. The number of likely N-dealkylation sites (N-methyl/N-ethyl adjacent to an activating group) is 2. The number of aliphatic hydroxyl groups is 1. The van der Waals surface area contributed by atoms with Gasteiger partial charge in [-0.3, -0.25) is 9.69 Å². The van der Waals surface area contributed by atoms with Gasteiger partial charge in [-0.2, -0.15) is 0 Å². The number of piperidine rings is 1. The fourth-order valence-corrected chi connectivity index (χ4v) is 8.71. The van der Waals surface area contributed by atoms with Crippen molar-refractivity contribution in [2.75, 3.05) is 27.7 Å². The van der Waals surface area contributed by atoms with Crippen LogP contribution >= 0.6 is 0 Å². The van der Waals surface area contributed by atoms with E-state index in [0.29, 0.717) is 24.2 Å². The molecule has 2 aliphatic heterocycles. The molecule has 3 aromatic carbocycles. The first-order valence-electron chi connectivity index (χ1n) is 15.2. The van der Waals surface area contributed by atoms with E-state index in [4.69, 9.17) is 4.74 Å². The maximum atomic E-state index is 14.8. The zero-order valence-corrected chi connectivity index (χ0v) is 24.9. The molecule has 1 spiro atoms. The average Bonchev–Trinajstić information content (AvgIpc) is 3.36. The largest absolute Gasteiger partial charge is 0.504 e. The van der Waals surface area contributed by atoms with Crippen LogP contribution in [0.15, 0.2) is 72.8 Å². The van der Waals surface area contributed by atoms with Crippen LogP contribution in [0.2, 0.25) is 0 Å². The van der Waals surface area contributed by atoms with Crippen molar-refractivity contribution >= 4 is 5.78 Å². The number of carbonyl (C=O) groups is 1. The summed E-state index contributed by atoms with van der Waals surface area (Å²) < 4.78 is 6.45. The van der Waals surface area contributed by atoms with Gasteiger partial charge in [-0.05, 0) is 81.7 Å². The van der Waals surface area contributed by atoms with Crippen molar-refractivity contribution < 1.29 is 19.7 Å². The van der Waals surface area contributed by atoms with Gasteiger partial charge in [-0.15, -0.1) is 0 Å². The van der Waals surface area contributed by atoms with Crippen molar-refractivity contribution in [3.05, 3.63) is 95.1 Å². The lowest BCUT2D eigenvalue weighted by atomic mass is 9.53. The Balaban J connectivity index is 1.42. The number of hydrogen-bond donors (Lipinski definition) is 2. The molecule has 4 aliphatic rings. The highest BCUT2D eigenvalue weighted by Gasteiger charge is 2.64. The highest BCUT2D eigenvalue weighted by Crippen LogP contribution is 2.63. The number of carbonyl (C=O) groups excluding carboxylic acids is 1. The number of phenolic OH excluding ortho intramolecular Hbond substituents is 1. The quantitative estimate of drug-likeness (QED) is 0.311. The summed E-state index contributed by atoms with van der Waals surface area (Å²) in [5.41, 5.74) is 4.57. The van der Waals surface area contributed by atoms with E-state index in [0.717, 1.165) is 47.2 Å². The normalized spacial score (nSPS) is 28.7. The maximum absolute atomic E-state index is 14.8. The van der Waals surface area contributed by atoms with E-state index in [9.17, 15) is 15.0 Å². The molecule has 2 aliphatic carbocycles. The van der Waals surface area contributed by atoms with Crippen molar-refractivity contribution in [2.45, 2.75) is 61.8 Å². The highest BCUT2D eigenvalue weighted by atomic mass is 16.5. The van der Waals surface area contributed by atoms with E-state index >= 15 is 0 Å². The van der Waals surface area contributed by atoms with Crippen molar-refractivity contribution in [3.63, 3.8) is 0 Å². The van der Waals surface area contributed by atoms with E-state index in [-0.39, 0.29) is 23.5 Å². The summed E-state index contributed by atoms with van der Waals surface area (Å²) in [5, 5.41) is 22.6. The number of aliphatic hydroxyl groups excluding tert-OH is 1. The second-order valence-electron chi connectivity index (χ2n) is 12.9. The number of ether oxygens (including phenoxy) is 1. The molecule has 6 atom stereocenters. The average molecular weight is 565 g/mol. The molecule has 7 rings (SSSR count). The van der Waals surface area contributed by atoms with Gasteiger partial charge in [0.1, 0.15) is 12.2 Å². The Hall–Kier alpha value is -3.45. The smallest absolute Gasteiger partial charge is 0.183 e. The topological polar surface area (TPSA) is 73.2 Å². The van der Waals surface area contributed by atoms with Crippen LogP contribution in [0.4, 0.5) is 0 Å². The van der Waals surface area contributed by atoms with Gasteiger partial charge in [0.2, 0.25) is 0 Å². The van der Waals surface area contributed by atoms with Gasteiger partial charge in [0.25, 0.3) is 0 Å². The molecular formula is C36H40N2O4. The number of phenols is 1. The number of ketones is 1. The minimum absolute atomic E-state index is 0.0796. The van der Waals surface area contributed by atoms with Gasteiger partial charge in [-0.25, -0.2) is 0 Å². The summed E-state index contributed by atoms with van der Waals surface area (Å²) >= 11 is 0. The third kappa shape index (κ3) is 3.65. The first-order valence-corrected chi connectivity index (χ1v) is 15.2. The predicted molar refractivity (Wildman–Crippen MR) is 164 cm³/mol. The molecule has 1 fully saturated rings. The Morgan fingerprint density at radius 2 is 1.83 bits per heavy atom. The maximum Gasteiger partial charge on any atom is 0.183 e. The molecule has 2 heterocycles. The van der Waals surface area contributed by atoms with Gasteiger partial charge < -0.3 is 19.8 Å². The number of likely N-dealkylation sites (tertiary alicyclic amines) is 1. The number of hydrogen-bond acceptors (Lipinski definition) is 6. The highest BCUT2D eigenvalue weighted by molar-refractivity contribution is 6.08. The lowest BCUT2D eigenvalue weighted by molar-refractivity contribution is -0.0452. The van der Waals surface area contributed by atoms with Crippen molar-refractivity contribution in [3.8, 4) is 22.6 Å². The summed E-state index contributed by atoms with van der Waals surface area (Å²) in [4.78, 5) is 19.3. The number of nitrogens with zero attached hydrogens (tertiary/aromatic N) is 2. The van der Waals surface area contributed by atoms with Crippen LogP contribution in [0.5, 0.6) is 11.5 Å². The summed E-state index contributed by atoms with van der Waals surface area (Å²) in [6, 6.07) is 20.1. The lowest BCUT2D eigenvalue weighted by Gasteiger charge is -2.56. The monoisotopic (exact) mass is 564 g/mol. The molecule has 0 radical (unpaired) electrons. The summed E-state index contributed by atoms with van der Waals surface area (Å²) in [6.45, 7) is 2.99. The van der Waals surface area contributed by atoms with Crippen LogP contribution in [0.25, 0.3) is 11.1 Å². The van der Waals surface area contributed by atoms with Crippen LogP contribution in [-0.4, -0.2) is 77.3 Å². The van der Waals surface area contributed by atoms with Crippen LogP contribution in [0.3, 0.4) is 0 Å². The van der Waals surface area contributed by atoms with E-state index < -0.39 is 23.2 Å². The van der Waals surface area contributed by atoms with Gasteiger partial charge in [-0.1, -0.05) is 73.7 Å². The van der Waals surface area contributed by atoms with E-state index in [1.165, 1.54) is 0 Å². The fourth-order valence-electron chi connectivity index (χ4n) is 8.71. The van der Waals surface area contributed by atoms with Crippen molar-refractivity contribution in [2.24, 2.45) is 5.92 Å². The standard InChI is InChI=1S/C36H40N2O4/c1-5-35(37(2)3,21-22-11-7-6-8-12-22)33(41)24-14-10-9-13-23(24)25-20-30(40)32-31-26(25)19-28-27-15-16-29(39)34(42-32)36(27,31)17-18-38(28)4/h6-16,20,27-29,34,39-40H,5,17-19,21H2,1-4H3/t27-,28+,29-,34-,35?,36-/m0/s1. The third-order valence-corrected chi connectivity index (χ3v) is 10.9. The zero-order valence-electron chi connectivity index (χ0n) is 24.9. The molecule has 2 bridgehead atoms. The van der Waals surface area contributed by atoms with E-state index in [1.54, 1.807) is 6.07 Å². The van der Waals surface area contributed by atoms with Gasteiger partial charge in [0.15, 0.2) is 17.3 Å². The minimum Gasteiger partial charge on any atom is -0.504 e. The molecule has 2 N–H and O–H groups in total. The van der Waals surface area contributed by atoms with Crippen molar-refractivity contribution in [1.29, 1.82) is 0 Å². The van der Waals surface area contributed by atoms with Crippen LogP contribution in [-0.2, 0) is 18.3 Å². The van der Waals surface area contributed by atoms with Gasteiger partial charge in [0, 0.05) is 28.5 Å². The number of aromatic hydroxyl groups is 1. The molecule has 1 unspecified atom stereocenters. The van der Waals surface area contributed by atoms with E-state index in [2.05, 4.69) is 42.0 Å². The molecule has 6 nitrogen and oxygen atoms in total. The summed E-state index contributed by atoms with van der Waals surface area (Å²) in [5.74, 6) is 0.864. The number of benzene rings is 3. The Kier molecular flexibility index (Phi) is 6.39. The Morgan fingerprint density at radius 3 is 2.57 bits per heavy atom. The molecule has 0 amide bonds. The lowest BCUT2D eigenvalue weighted by Crippen LogP contribution is -2.64. The second-order valence-corrected chi connectivity index (χ2v) is 12.9. The molecule has 6 heteroatoms. The molecule has 42 heavy (non-hydrogen) atoms. The number of Topliss-reactive ketones (excluding diaryl/α,β-unsaturated/α-hetero) is 1. The van der Waals surface area contributed by atoms with Crippen LogP contribution < -0.4 is 4.74 Å². The Labute approximate surface area is 248 Å². The van der Waals surface area contributed by atoms with E-state index in [1.807, 2.05) is 62.6 Å². The van der Waals surface area contributed by atoms with Crippen LogP contribution in [0.1, 0.15) is 46.8 Å². The molecule has 1 saturated heterocycles. The number of rotatable bonds is 7. The first-order chi connectivity index (χ1) is 20.2. The SMILES string of the molecule is CCC(Cc1ccccc1)(C(=O)c1ccccc1-c1cc(O)c2c3c1C[C@@H]1[C@@H]4C=C[C@H](O)[C@H](O2)[C@]34CCN1C)N(C)C. The minimum atomic E-state index is -0.736. The van der Waals surface area contributed by atoms with Gasteiger partial charge >= 0.3 is 0 Å². The summed E-state index contributed by atoms with van der Waals surface area (Å²) in [7, 11) is 6.17. The molecule has 218 valence electrons. The Bertz CT molecular complexity index is 1580. The summed E-state index contributed by atoms with van der Waals surface area (Å²) in [6.07, 6.45) is 5.78. The molecule has 0 aromatic heterocycles. The second kappa shape index (κ2) is 9.80. The molecular weight excluding hydrogens is 524 g/mol. The molecule has 3 aromatic rings. The Morgan fingerprint density at radius 1 is 1.10 bits per heavy atom. The van der Waals surface area contributed by atoms with Crippen LogP contribution in [0, 0.1) is 5.92 Å². The zero-order chi connectivity index (χ0) is 29.4. The third-order valence-electron chi connectivity index (χ3n) is 10.9. The first kappa shape index (κ1) is 27.4.